The van der Waals surface area contributed by atoms with Gasteiger partial charge in [0.2, 0.25) is 0 Å². The molecule has 1 N–H and O–H groups in total. The third-order valence-electron chi connectivity index (χ3n) is 2.14. The fourth-order valence-corrected chi connectivity index (χ4v) is 2.18. The molecule has 0 saturated heterocycles. The number of hydrogen-bond acceptors (Lipinski definition) is 1. The minimum atomic E-state index is -0.0302. The lowest BCUT2D eigenvalue weighted by atomic mass is 10.1. The van der Waals surface area contributed by atoms with Gasteiger partial charge in [0, 0.05) is 23.1 Å². The Labute approximate surface area is 111 Å². The van der Waals surface area contributed by atoms with Gasteiger partial charge in [-0.2, -0.15) is 0 Å². The summed E-state index contributed by atoms with van der Waals surface area (Å²) in [6.07, 6.45) is 2.45. The number of alkyl halides is 1. The topological polar surface area (TPSA) is 12.0 Å². The molecular formula is C12H14Cl3N. The predicted molar refractivity (Wildman–Crippen MR) is 72.9 cm³/mol. The number of halogens is 3. The Morgan fingerprint density at radius 2 is 1.94 bits per heavy atom. The Morgan fingerprint density at radius 1 is 1.31 bits per heavy atom. The highest BCUT2D eigenvalue weighted by atomic mass is 35.5. The van der Waals surface area contributed by atoms with Crippen LogP contribution in [0.2, 0.25) is 10.0 Å². The highest BCUT2D eigenvalue weighted by Crippen LogP contribution is 2.26. The van der Waals surface area contributed by atoms with Gasteiger partial charge in [-0.1, -0.05) is 35.3 Å². The third kappa shape index (κ3) is 4.34. The number of nitrogens with one attached hydrogen (secondary N) is 1. The molecule has 1 aromatic rings. The van der Waals surface area contributed by atoms with Gasteiger partial charge in [0.25, 0.3) is 0 Å². The summed E-state index contributed by atoms with van der Waals surface area (Å²) in [7, 11) is 0. The minimum absolute atomic E-state index is 0.0302. The van der Waals surface area contributed by atoms with Crippen molar-refractivity contribution in [1.29, 1.82) is 0 Å². The van der Waals surface area contributed by atoms with Gasteiger partial charge in [-0.25, -0.2) is 0 Å². The second-order valence-corrected chi connectivity index (χ2v) is 4.88. The lowest BCUT2D eigenvalue weighted by Crippen LogP contribution is -2.24. The zero-order valence-corrected chi connectivity index (χ0v) is 11.1. The van der Waals surface area contributed by atoms with Gasteiger partial charge in [0.05, 0.1) is 5.38 Å². The fraction of sp³-hybridized carbons (Fsp3) is 0.333. The minimum Gasteiger partial charge on any atom is -0.312 e. The van der Waals surface area contributed by atoms with Crippen LogP contribution >= 0.6 is 34.8 Å². The van der Waals surface area contributed by atoms with Crippen molar-refractivity contribution >= 4 is 34.8 Å². The van der Waals surface area contributed by atoms with E-state index in [1.807, 2.05) is 18.2 Å². The summed E-state index contributed by atoms with van der Waals surface area (Å²) in [5.41, 5.74) is 0.909. The van der Waals surface area contributed by atoms with Gasteiger partial charge < -0.3 is 5.32 Å². The molecule has 1 nitrogen and oxygen atoms in total. The standard InChI is InChI=1S/C12H14Cl3N/c1-2-6-16-8-9(13)7-10-11(14)4-3-5-12(10)15/h2-5,9,16H,1,6-8H2. The Hall–Kier alpha value is -0.210. The van der Waals surface area contributed by atoms with E-state index in [0.717, 1.165) is 12.1 Å². The van der Waals surface area contributed by atoms with E-state index < -0.39 is 0 Å². The molecule has 0 aliphatic heterocycles. The molecule has 1 atom stereocenters. The quantitative estimate of drug-likeness (QED) is 0.472. The van der Waals surface area contributed by atoms with E-state index in [4.69, 9.17) is 34.8 Å². The zero-order valence-electron chi connectivity index (χ0n) is 8.85. The maximum absolute atomic E-state index is 6.18. The first kappa shape index (κ1) is 13.9. The van der Waals surface area contributed by atoms with E-state index in [2.05, 4.69) is 11.9 Å². The molecule has 0 amide bonds. The lowest BCUT2D eigenvalue weighted by molar-refractivity contribution is 0.700. The van der Waals surface area contributed by atoms with Gasteiger partial charge >= 0.3 is 0 Å². The van der Waals surface area contributed by atoms with Crippen LogP contribution in [0.15, 0.2) is 30.9 Å². The van der Waals surface area contributed by atoms with Crippen molar-refractivity contribution in [2.24, 2.45) is 0 Å². The first-order valence-electron chi connectivity index (χ1n) is 5.03. The smallest absolute Gasteiger partial charge is 0.0502 e. The molecule has 1 rings (SSSR count). The fourth-order valence-electron chi connectivity index (χ4n) is 1.36. The maximum Gasteiger partial charge on any atom is 0.0502 e. The Kier molecular flexibility index (Phi) is 6.22. The van der Waals surface area contributed by atoms with Crippen LogP contribution in [0.3, 0.4) is 0 Å². The van der Waals surface area contributed by atoms with Crippen molar-refractivity contribution in [3.8, 4) is 0 Å². The Balaban J connectivity index is 2.55. The van der Waals surface area contributed by atoms with E-state index >= 15 is 0 Å². The molecular weight excluding hydrogens is 264 g/mol. The van der Waals surface area contributed by atoms with Crippen LogP contribution in [-0.2, 0) is 6.42 Å². The second-order valence-electron chi connectivity index (χ2n) is 3.45. The maximum atomic E-state index is 6.18. The second kappa shape index (κ2) is 7.18. The molecule has 16 heavy (non-hydrogen) atoms. The number of benzene rings is 1. The normalized spacial score (nSPS) is 12.4. The van der Waals surface area contributed by atoms with Crippen LogP contribution in [0.25, 0.3) is 0 Å². The molecule has 0 aromatic heterocycles. The highest BCUT2D eigenvalue weighted by Gasteiger charge is 2.11. The summed E-state index contributed by atoms with van der Waals surface area (Å²) in [4.78, 5) is 0. The molecule has 4 heteroatoms. The molecule has 0 radical (unpaired) electrons. The SMILES string of the molecule is C=CCNCC(Cl)Cc1c(Cl)cccc1Cl. The lowest BCUT2D eigenvalue weighted by Gasteiger charge is -2.12. The predicted octanol–water partition coefficient (Wildman–Crippen LogP) is 3.92. The molecule has 0 aliphatic carbocycles. The largest absolute Gasteiger partial charge is 0.312 e. The highest BCUT2D eigenvalue weighted by molar-refractivity contribution is 6.36. The molecule has 0 fully saturated rings. The molecule has 0 bridgehead atoms. The summed E-state index contributed by atoms with van der Waals surface area (Å²) >= 11 is 18.3. The molecule has 0 spiro atoms. The van der Waals surface area contributed by atoms with E-state index in [1.54, 1.807) is 6.08 Å². The van der Waals surface area contributed by atoms with Crippen molar-refractivity contribution in [2.45, 2.75) is 11.8 Å². The first-order chi connectivity index (χ1) is 7.65. The van der Waals surface area contributed by atoms with Crippen LogP contribution in [0.4, 0.5) is 0 Å². The summed E-state index contributed by atoms with van der Waals surface area (Å²) in [6.45, 7) is 5.07. The van der Waals surface area contributed by atoms with Gasteiger partial charge in [-0.3, -0.25) is 0 Å². The number of rotatable bonds is 6. The van der Waals surface area contributed by atoms with Crippen LogP contribution < -0.4 is 5.32 Å². The average Bonchev–Trinajstić information content (AvgIpc) is 2.24. The van der Waals surface area contributed by atoms with Crippen molar-refractivity contribution in [1.82, 2.24) is 5.32 Å². The average molecular weight is 279 g/mol. The monoisotopic (exact) mass is 277 g/mol. The van der Waals surface area contributed by atoms with Crippen molar-refractivity contribution in [3.63, 3.8) is 0 Å². The Morgan fingerprint density at radius 3 is 2.50 bits per heavy atom. The third-order valence-corrected chi connectivity index (χ3v) is 3.16. The summed E-state index contributed by atoms with van der Waals surface area (Å²) in [6, 6.07) is 5.47. The van der Waals surface area contributed by atoms with Crippen LogP contribution in [0.5, 0.6) is 0 Å². The van der Waals surface area contributed by atoms with E-state index in [0.29, 0.717) is 23.0 Å². The van der Waals surface area contributed by atoms with E-state index in [1.165, 1.54) is 0 Å². The molecule has 1 aromatic carbocycles. The summed E-state index contributed by atoms with van der Waals surface area (Å²) in [5.74, 6) is 0. The van der Waals surface area contributed by atoms with Crippen molar-refractivity contribution < 1.29 is 0 Å². The van der Waals surface area contributed by atoms with Crippen LogP contribution in [0, 0.1) is 0 Å². The van der Waals surface area contributed by atoms with Gasteiger partial charge in [0.15, 0.2) is 0 Å². The van der Waals surface area contributed by atoms with Gasteiger partial charge in [-0.05, 0) is 24.1 Å². The van der Waals surface area contributed by atoms with Gasteiger partial charge in [-0.15, -0.1) is 18.2 Å². The molecule has 88 valence electrons. The van der Waals surface area contributed by atoms with Gasteiger partial charge in [0.1, 0.15) is 0 Å². The van der Waals surface area contributed by atoms with Crippen LogP contribution in [0.1, 0.15) is 5.56 Å². The van der Waals surface area contributed by atoms with E-state index in [-0.39, 0.29) is 5.38 Å². The van der Waals surface area contributed by atoms with Crippen molar-refractivity contribution in [2.75, 3.05) is 13.1 Å². The van der Waals surface area contributed by atoms with Crippen molar-refractivity contribution in [3.05, 3.63) is 46.5 Å². The Bertz CT molecular complexity index is 332. The summed E-state index contributed by atoms with van der Waals surface area (Å²) in [5, 5.41) is 4.46. The van der Waals surface area contributed by atoms with Crippen LogP contribution in [-0.4, -0.2) is 18.5 Å². The van der Waals surface area contributed by atoms with E-state index in [9.17, 15) is 0 Å². The molecule has 0 saturated carbocycles. The molecule has 0 heterocycles. The molecule has 0 aliphatic rings. The zero-order chi connectivity index (χ0) is 12.0. The summed E-state index contributed by atoms with van der Waals surface area (Å²) < 4.78 is 0. The number of hydrogen-bond donors (Lipinski definition) is 1. The first-order valence-corrected chi connectivity index (χ1v) is 6.23. The molecule has 1 unspecified atom stereocenters.